The monoisotopic (exact) mass is 414 g/mol. The second-order valence-corrected chi connectivity index (χ2v) is 7.08. The van der Waals surface area contributed by atoms with E-state index in [1.807, 2.05) is 0 Å². The molecule has 0 saturated carbocycles. The van der Waals surface area contributed by atoms with Crippen molar-refractivity contribution in [1.82, 2.24) is 0 Å². The quantitative estimate of drug-likeness (QED) is 0.476. The van der Waals surface area contributed by atoms with E-state index in [1.54, 1.807) is 6.92 Å². The molecular formula is C22H20F6O. The first-order chi connectivity index (χ1) is 13.6. The third-order valence-corrected chi connectivity index (χ3v) is 5.01. The van der Waals surface area contributed by atoms with E-state index in [0.717, 1.165) is 6.07 Å². The lowest BCUT2D eigenvalue weighted by Gasteiger charge is -2.27. The number of benzene rings is 2. The highest BCUT2D eigenvalue weighted by Crippen LogP contribution is 2.41. The number of ether oxygens (including phenoxy) is 1. The van der Waals surface area contributed by atoms with Crippen LogP contribution >= 0.6 is 0 Å². The lowest BCUT2D eigenvalue weighted by molar-refractivity contribution is -0.138. The summed E-state index contributed by atoms with van der Waals surface area (Å²) in [5.74, 6) is -3.39. The Morgan fingerprint density at radius 1 is 1.03 bits per heavy atom. The topological polar surface area (TPSA) is 9.23 Å². The van der Waals surface area contributed by atoms with Gasteiger partial charge in [0.15, 0.2) is 0 Å². The zero-order valence-electron chi connectivity index (χ0n) is 15.8. The van der Waals surface area contributed by atoms with Crippen LogP contribution in [-0.2, 0) is 12.6 Å². The van der Waals surface area contributed by atoms with Gasteiger partial charge in [-0.2, -0.15) is 13.2 Å². The first-order valence-corrected chi connectivity index (χ1v) is 9.26. The first-order valence-electron chi connectivity index (χ1n) is 9.26. The molecular weight excluding hydrogens is 394 g/mol. The number of rotatable bonds is 5. The summed E-state index contributed by atoms with van der Waals surface area (Å²) >= 11 is 0. The van der Waals surface area contributed by atoms with Gasteiger partial charge in [-0.1, -0.05) is 25.1 Å². The molecule has 0 radical (unpaired) electrons. The van der Waals surface area contributed by atoms with Crippen molar-refractivity contribution < 1.29 is 31.1 Å². The van der Waals surface area contributed by atoms with Crippen LogP contribution in [0.15, 0.2) is 48.0 Å². The van der Waals surface area contributed by atoms with E-state index in [2.05, 4.69) is 0 Å². The number of alkyl halides is 5. The molecule has 0 aliphatic heterocycles. The molecule has 0 bridgehead atoms. The summed E-state index contributed by atoms with van der Waals surface area (Å²) in [6.45, 7) is 1.36. The van der Waals surface area contributed by atoms with E-state index in [1.165, 1.54) is 36.4 Å². The zero-order valence-corrected chi connectivity index (χ0v) is 15.8. The van der Waals surface area contributed by atoms with Gasteiger partial charge in [0.05, 0.1) is 5.56 Å². The van der Waals surface area contributed by atoms with Crippen molar-refractivity contribution >= 4 is 5.57 Å². The Morgan fingerprint density at radius 2 is 1.72 bits per heavy atom. The Hall–Kier alpha value is -2.44. The Balaban J connectivity index is 1.88. The predicted octanol–water partition coefficient (Wildman–Crippen LogP) is 7.06. The zero-order chi connectivity index (χ0) is 21.2. The molecule has 3 rings (SSSR count). The average molecular weight is 414 g/mol. The van der Waals surface area contributed by atoms with Crippen LogP contribution < -0.4 is 4.74 Å². The van der Waals surface area contributed by atoms with E-state index in [4.69, 9.17) is 4.74 Å². The summed E-state index contributed by atoms with van der Waals surface area (Å²) in [4.78, 5) is 0. The van der Waals surface area contributed by atoms with Gasteiger partial charge in [-0.05, 0) is 59.4 Å². The second kappa shape index (κ2) is 8.13. The van der Waals surface area contributed by atoms with Crippen molar-refractivity contribution in [2.24, 2.45) is 0 Å². The van der Waals surface area contributed by atoms with Gasteiger partial charge in [0.2, 0.25) is 0 Å². The molecule has 0 spiro atoms. The Labute approximate surface area is 165 Å². The molecule has 29 heavy (non-hydrogen) atoms. The van der Waals surface area contributed by atoms with Crippen LogP contribution in [0.3, 0.4) is 0 Å². The van der Waals surface area contributed by atoms with Crippen LogP contribution in [0.25, 0.3) is 5.57 Å². The molecule has 1 aliphatic carbocycles. The highest BCUT2D eigenvalue weighted by molar-refractivity contribution is 5.70. The fraction of sp³-hybridized carbons (Fsp3) is 0.364. The summed E-state index contributed by atoms with van der Waals surface area (Å²) in [6.07, 6.45) is -5.12. The SMILES string of the molecule is CCc1ccc(OCC2=C(c3ccc(F)cc3)CCC(F)(F)C2)cc1C(F)(F)F. The van der Waals surface area contributed by atoms with Crippen molar-refractivity contribution in [3.8, 4) is 5.75 Å². The minimum atomic E-state index is -4.53. The van der Waals surface area contributed by atoms with Gasteiger partial charge in [-0.3, -0.25) is 0 Å². The molecule has 156 valence electrons. The molecule has 0 saturated heterocycles. The van der Waals surface area contributed by atoms with Crippen LogP contribution in [-0.4, -0.2) is 12.5 Å². The molecule has 0 fully saturated rings. The van der Waals surface area contributed by atoms with E-state index in [9.17, 15) is 26.3 Å². The van der Waals surface area contributed by atoms with Gasteiger partial charge in [-0.15, -0.1) is 0 Å². The van der Waals surface area contributed by atoms with Crippen LogP contribution in [0.1, 0.15) is 42.9 Å². The van der Waals surface area contributed by atoms with Crippen molar-refractivity contribution in [2.45, 2.75) is 44.7 Å². The summed E-state index contributed by atoms with van der Waals surface area (Å²) in [5.41, 5.74) is 0.885. The molecule has 1 aliphatic rings. The van der Waals surface area contributed by atoms with Crippen LogP contribution in [0.4, 0.5) is 26.3 Å². The number of hydrogen-bond acceptors (Lipinski definition) is 1. The maximum absolute atomic E-state index is 14.0. The molecule has 0 amide bonds. The minimum Gasteiger partial charge on any atom is -0.489 e. The fourth-order valence-electron chi connectivity index (χ4n) is 3.52. The first kappa shape index (κ1) is 21.3. The van der Waals surface area contributed by atoms with Crippen LogP contribution in [0.2, 0.25) is 0 Å². The Morgan fingerprint density at radius 3 is 2.34 bits per heavy atom. The van der Waals surface area contributed by atoms with Gasteiger partial charge < -0.3 is 4.74 Å². The highest BCUT2D eigenvalue weighted by atomic mass is 19.4. The maximum atomic E-state index is 14.0. The lowest BCUT2D eigenvalue weighted by Crippen LogP contribution is -2.24. The largest absolute Gasteiger partial charge is 0.489 e. The third kappa shape index (κ3) is 5.14. The van der Waals surface area contributed by atoms with Gasteiger partial charge in [-0.25, -0.2) is 13.2 Å². The lowest BCUT2D eigenvalue weighted by atomic mass is 9.85. The number of halogens is 6. The predicted molar refractivity (Wildman–Crippen MR) is 98.4 cm³/mol. The smallest absolute Gasteiger partial charge is 0.416 e. The average Bonchev–Trinajstić information content (AvgIpc) is 2.66. The van der Waals surface area contributed by atoms with E-state index in [0.29, 0.717) is 16.7 Å². The second-order valence-electron chi connectivity index (χ2n) is 7.08. The molecule has 0 heterocycles. The summed E-state index contributed by atoms with van der Waals surface area (Å²) in [5, 5.41) is 0. The number of allylic oxidation sites excluding steroid dienone is 1. The summed E-state index contributed by atoms with van der Waals surface area (Å²) < 4.78 is 86.3. The number of aryl methyl sites for hydroxylation is 1. The molecule has 0 aromatic heterocycles. The number of hydrogen-bond donors (Lipinski definition) is 0. The van der Waals surface area contributed by atoms with Crippen molar-refractivity contribution in [3.63, 3.8) is 0 Å². The Bertz CT molecular complexity index is 897. The molecule has 0 atom stereocenters. The van der Waals surface area contributed by atoms with Crippen molar-refractivity contribution in [2.75, 3.05) is 6.61 Å². The van der Waals surface area contributed by atoms with Gasteiger partial charge >= 0.3 is 6.18 Å². The van der Waals surface area contributed by atoms with E-state index < -0.39 is 29.9 Å². The summed E-state index contributed by atoms with van der Waals surface area (Å²) in [7, 11) is 0. The highest BCUT2D eigenvalue weighted by Gasteiger charge is 2.36. The van der Waals surface area contributed by atoms with Crippen molar-refractivity contribution in [3.05, 3.63) is 70.5 Å². The standard InChI is InChI=1S/C22H20F6O/c1-2-14-5-8-18(11-20(14)22(26,27)28)29-13-16-12-21(24,25)10-9-19(16)15-3-6-17(23)7-4-15/h3-8,11H,2,9-10,12-13H2,1H3. The fourth-order valence-corrected chi connectivity index (χ4v) is 3.52. The molecule has 0 N–H and O–H groups in total. The van der Waals surface area contributed by atoms with Crippen molar-refractivity contribution in [1.29, 1.82) is 0 Å². The van der Waals surface area contributed by atoms with E-state index >= 15 is 0 Å². The summed E-state index contributed by atoms with van der Waals surface area (Å²) in [6, 6.07) is 9.14. The molecule has 2 aromatic rings. The normalized spacial score (nSPS) is 16.8. The van der Waals surface area contributed by atoms with Gasteiger partial charge in [0.1, 0.15) is 18.2 Å². The van der Waals surface area contributed by atoms with Crippen LogP contribution in [0, 0.1) is 5.82 Å². The molecule has 0 unspecified atom stereocenters. The molecule has 7 heteroatoms. The Kier molecular flexibility index (Phi) is 5.96. The van der Waals surface area contributed by atoms with Gasteiger partial charge in [0, 0.05) is 12.8 Å². The van der Waals surface area contributed by atoms with E-state index in [-0.39, 0.29) is 37.2 Å². The maximum Gasteiger partial charge on any atom is 0.416 e. The minimum absolute atomic E-state index is 0.0330. The van der Waals surface area contributed by atoms with Crippen LogP contribution in [0.5, 0.6) is 5.75 Å². The van der Waals surface area contributed by atoms with Gasteiger partial charge in [0.25, 0.3) is 5.92 Å². The third-order valence-electron chi connectivity index (χ3n) is 5.01. The molecule has 2 aromatic carbocycles. The molecule has 1 nitrogen and oxygen atoms in total.